The van der Waals surface area contributed by atoms with Crippen LogP contribution in [0.1, 0.15) is 36.1 Å². The molecule has 2 amide bonds. The Kier molecular flexibility index (Phi) is 5.75. The first kappa shape index (κ1) is 16.8. The Morgan fingerprint density at radius 2 is 2.21 bits per heavy atom. The zero-order valence-corrected chi connectivity index (χ0v) is 14.6. The van der Waals surface area contributed by atoms with Crippen molar-refractivity contribution in [1.29, 1.82) is 0 Å². The molecule has 0 saturated carbocycles. The molecule has 0 radical (unpaired) electrons. The van der Waals surface area contributed by atoms with Crippen molar-refractivity contribution in [2.75, 3.05) is 6.54 Å². The van der Waals surface area contributed by atoms with Gasteiger partial charge in [0.2, 0.25) is 0 Å². The summed E-state index contributed by atoms with van der Waals surface area (Å²) in [5, 5.41) is 14.7. The molecule has 3 rings (SSSR count). The highest BCUT2D eigenvalue weighted by molar-refractivity contribution is 7.09. The quantitative estimate of drug-likeness (QED) is 0.856. The minimum absolute atomic E-state index is 0.0454. The van der Waals surface area contributed by atoms with Gasteiger partial charge in [0, 0.05) is 17.5 Å². The minimum Gasteiger partial charge on any atom is -0.508 e. The number of piperidine rings is 1. The lowest BCUT2D eigenvalue weighted by molar-refractivity contribution is 0.146. The smallest absolute Gasteiger partial charge is 0.317 e. The molecule has 1 saturated heterocycles. The highest BCUT2D eigenvalue weighted by Crippen LogP contribution is 2.22. The van der Waals surface area contributed by atoms with Crippen LogP contribution in [-0.2, 0) is 13.0 Å². The Bertz CT molecular complexity index is 657. The molecule has 1 atom stereocenters. The van der Waals surface area contributed by atoms with Crippen LogP contribution in [0.25, 0.3) is 0 Å². The van der Waals surface area contributed by atoms with Gasteiger partial charge in [-0.05, 0) is 61.2 Å². The number of phenols is 1. The Labute approximate surface area is 147 Å². The summed E-state index contributed by atoms with van der Waals surface area (Å²) in [5.41, 5.74) is 1.12. The van der Waals surface area contributed by atoms with Gasteiger partial charge in [0.15, 0.2) is 0 Å². The Morgan fingerprint density at radius 1 is 1.29 bits per heavy atom. The zero-order chi connectivity index (χ0) is 16.8. The topological polar surface area (TPSA) is 52.6 Å². The maximum atomic E-state index is 12.5. The molecular weight excluding hydrogens is 320 g/mol. The molecule has 1 fully saturated rings. The average Bonchev–Trinajstić information content (AvgIpc) is 3.12. The molecule has 1 aromatic carbocycles. The number of carbonyl (C=O) groups is 1. The molecule has 0 aliphatic carbocycles. The predicted molar refractivity (Wildman–Crippen MR) is 97.3 cm³/mol. The standard InChI is InChI=1S/C19H24N2O2S/c22-17-7-3-5-15(13-17)9-10-16-6-1-2-11-21(16)19(23)20-14-18-8-4-12-24-18/h3-5,7-8,12-13,16,22H,1-2,6,9-11,14H2,(H,20,23). The van der Waals surface area contributed by atoms with E-state index in [1.807, 2.05) is 40.6 Å². The Balaban J connectivity index is 1.55. The summed E-state index contributed by atoms with van der Waals surface area (Å²) in [5.74, 6) is 0.307. The van der Waals surface area contributed by atoms with E-state index < -0.39 is 0 Å². The third-order valence-electron chi connectivity index (χ3n) is 4.56. The van der Waals surface area contributed by atoms with Crippen LogP contribution in [0.5, 0.6) is 5.75 Å². The molecule has 2 heterocycles. The van der Waals surface area contributed by atoms with E-state index in [9.17, 15) is 9.90 Å². The van der Waals surface area contributed by atoms with Crippen LogP contribution in [0.4, 0.5) is 4.79 Å². The van der Waals surface area contributed by atoms with Crippen molar-refractivity contribution < 1.29 is 9.90 Å². The fourth-order valence-electron chi connectivity index (χ4n) is 3.29. The van der Waals surface area contributed by atoms with E-state index in [0.717, 1.165) is 37.8 Å². The van der Waals surface area contributed by atoms with Crippen molar-refractivity contribution in [2.24, 2.45) is 0 Å². The Morgan fingerprint density at radius 3 is 3.00 bits per heavy atom. The molecule has 2 N–H and O–H groups in total. The van der Waals surface area contributed by atoms with Crippen molar-refractivity contribution >= 4 is 17.4 Å². The van der Waals surface area contributed by atoms with Crippen molar-refractivity contribution in [3.8, 4) is 5.75 Å². The van der Waals surface area contributed by atoms with E-state index in [1.165, 1.54) is 11.3 Å². The van der Waals surface area contributed by atoms with Gasteiger partial charge >= 0.3 is 6.03 Å². The third-order valence-corrected chi connectivity index (χ3v) is 5.44. The van der Waals surface area contributed by atoms with E-state index in [1.54, 1.807) is 17.4 Å². The molecule has 5 heteroatoms. The van der Waals surface area contributed by atoms with E-state index in [4.69, 9.17) is 0 Å². The lowest BCUT2D eigenvalue weighted by Gasteiger charge is -2.36. The monoisotopic (exact) mass is 344 g/mol. The van der Waals surface area contributed by atoms with Gasteiger partial charge in [-0.1, -0.05) is 18.2 Å². The minimum atomic E-state index is 0.0454. The van der Waals surface area contributed by atoms with Gasteiger partial charge in [-0.25, -0.2) is 4.79 Å². The zero-order valence-electron chi connectivity index (χ0n) is 13.8. The number of rotatable bonds is 5. The van der Waals surface area contributed by atoms with E-state index in [-0.39, 0.29) is 12.1 Å². The van der Waals surface area contributed by atoms with Gasteiger partial charge in [0.05, 0.1) is 6.54 Å². The highest BCUT2D eigenvalue weighted by Gasteiger charge is 2.26. The molecule has 24 heavy (non-hydrogen) atoms. The summed E-state index contributed by atoms with van der Waals surface area (Å²) in [6.07, 6.45) is 5.14. The number of hydrogen-bond acceptors (Lipinski definition) is 3. The molecule has 0 spiro atoms. The molecule has 1 unspecified atom stereocenters. The first-order valence-corrected chi connectivity index (χ1v) is 9.45. The molecule has 128 valence electrons. The van der Waals surface area contributed by atoms with Crippen LogP contribution in [0.3, 0.4) is 0 Å². The van der Waals surface area contributed by atoms with Gasteiger partial charge in [-0.3, -0.25) is 0 Å². The van der Waals surface area contributed by atoms with Gasteiger partial charge in [0.1, 0.15) is 5.75 Å². The second-order valence-electron chi connectivity index (χ2n) is 6.29. The maximum Gasteiger partial charge on any atom is 0.317 e. The van der Waals surface area contributed by atoms with Crippen LogP contribution >= 0.6 is 11.3 Å². The second-order valence-corrected chi connectivity index (χ2v) is 7.32. The van der Waals surface area contributed by atoms with Crippen LogP contribution in [0.15, 0.2) is 41.8 Å². The van der Waals surface area contributed by atoms with Crippen molar-refractivity contribution in [2.45, 2.75) is 44.7 Å². The number of benzene rings is 1. The molecule has 0 bridgehead atoms. The van der Waals surface area contributed by atoms with E-state index >= 15 is 0 Å². The summed E-state index contributed by atoms with van der Waals surface area (Å²) in [6, 6.07) is 11.8. The second kappa shape index (κ2) is 8.20. The molecule has 1 aromatic heterocycles. The molecule has 1 aliphatic heterocycles. The number of hydrogen-bond donors (Lipinski definition) is 2. The molecule has 2 aromatic rings. The number of amides is 2. The Hall–Kier alpha value is -2.01. The highest BCUT2D eigenvalue weighted by atomic mass is 32.1. The maximum absolute atomic E-state index is 12.5. The van der Waals surface area contributed by atoms with Crippen molar-refractivity contribution in [3.05, 3.63) is 52.2 Å². The number of nitrogens with one attached hydrogen (secondary N) is 1. The van der Waals surface area contributed by atoms with Gasteiger partial charge < -0.3 is 15.3 Å². The number of likely N-dealkylation sites (tertiary alicyclic amines) is 1. The van der Waals surface area contributed by atoms with Gasteiger partial charge in [0.25, 0.3) is 0 Å². The molecule has 1 aliphatic rings. The molecule has 4 nitrogen and oxygen atoms in total. The van der Waals surface area contributed by atoms with Crippen molar-refractivity contribution in [3.63, 3.8) is 0 Å². The molecular formula is C19H24N2O2S. The van der Waals surface area contributed by atoms with Gasteiger partial charge in [-0.2, -0.15) is 0 Å². The van der Waals surface area contributed by atoms with Crippen LogP contribution in [-0.4, -0.2) is 28.6 Å². The van der Waals surface area contributed by atoms with Crippen molar-refractivity contribution in [1.82, 2.24) is 10.2 Å². The summed E-state index contributed by atoms with van der Waals surface area (Å²) in [7, 11) is 0. The lowest BCUT2D eigenvalue weighted by Crippen LogP contribution is -2.48. The number of carbonyl (C=O) groups excluding carboxylic acids is 1. The van der Waals surface area contributed by atoms with Crippen LogP contribution < -0.4 is 5.32 Å². The first-order chi connectivity index (χ1) is 11.7. The van der Waals surface area contributed by atoms with Gasteiger partial charge in [-0.15, -0.1) is 11.3 Å². The summed E-state index contributed by atoms with van der Waals surface area (Å²) < 4.78 is 0. The number of nitrogens with zero attached hydrogens (tertiary/aromatic N) is 1. The number of aromatic hydroxyl groups is 1. The summed E-state index contributed by atoms with van der Waals surface area (Å²) in [4.78, 5) is 15.7. The third kappa shape index (κ3) is 4.51. The summed E-state index contributed by atoms with van der Waals surface area (Å²) in [6.45, 7) is 1.44. The van der Waals surface area contributed by atoms with E-state index in [2.05, 4.69) is 5.32 Å². The fraction of sp³-hybridized carbons (Fsp3) is 0.421. The predicted octanol–water partition coefficient (Wildman–Crippen LogP) is 4.15. The number of aryl methyl sites for hydroxylation is 1. The normalized spacial score (nSPS) is 17.7. The largest absolute Gasteiger partial charge is 0.508 e. The lowest BCUT2D eigenvalue weighted by atomic mass is 9.96. The SMILES string of the molecule is O=C(NCc1cccs1)N1CCCCC1CCc1cccc(O)c1. The number of urea groups is 1. The fourth-order valence-corrected chi connectivity index (χ4v) is 3.94. The van der Waals surface area contributed by atoms with Crippen LogP contribution in [0.2, 0.25) is 0 Å². The van der Waals surface area contributed by atoms with E-state index in [0.29, 0.717) is 12.3 Å². The summed E-state index contributed by atoms with van der Waals surface area (Å²) >= 11 is 1.66. The number of thiophene rings is 1. The number of phenolic OH excluding ortho intramolecular Hbond substituents is 1. The van der Waals surface area contributed by atoms with Crippen LogP contribution in [0, 0.1) is 0 Å². The first-order valence-electron chi connectivity index (χ1n) is 8.57. The average molecular weight is 344 g/mol.